The maximum absolute atomic E-state index is 11.8. The predicted molar refractivity (Wildman–Crippen MR) is 122 cm³/mol. The molecule has 4 nitrogen and oxygen atoms in total. The average molecular weight is 517 g/mol. The molecule has 0 aliphatic rings. The number of benzene rings is 3. The Balaban J connectivity index is 1.61. The Morgan fingerprint density at radius 2 is 1.83 bits per heavy atom. The summed E-state index contributed by atoms with van der Waals surface area (Å²) in [5.74, 6) is 0.435. The van der Waals surface area contributed by atoms with Crippen molar-refractivity contribution >= 4 is 49.7 Å². The molecule has 0 aliphatic carbocycles. The highest BCUT2D eigenvalue weighted by Gasteiger charge is 2.06. The molecule has 0 heterocycles. The van der Waals surface area contributed by atoms with Gasteiger partial charge in [0.05, 0.1) is 17.9 Å². The Kier molecular flexibility index (Phi) is 7.61. The normalized spacial score (nSPS) is 10.9. The minimum absolute atomic E-state index is 0.344. The van der Waals surface area contributed by atoms with Crippen molar-refractivity contribution in [3.8, 4) is 5.75 Å². The summed E-state index contributed by atoms with van der Waals surface area (Å²) in [6, 6.07) is 20.7. The molecule has 0 aromatic heterocycles. The van der Waals surface area contributed by atoms with Gasteiger partial charge in [-0.3, -0.25) is 4.99 Å². The van der Waals surface area contributed by atoms with E-state index in [-0.39, 0.29) is 5.97 Å². The first-order valence-electron chi connectivity index (χ1n) is 9.03. The van der Waals surface area contributed by atoms with Crippen LogP contribution in [0.25, 0.3) is 0 Å². The third kappa shape index (κ3) is 6.27. The molecule has 0 spiro atoms. The van der Waals surface area contributed by atoms with Crippen molar-refractivity contribution in [1.82, 2.24) is 0 Å². The summed E-state index contributed by atoms with van der Waals surface area (Å²) in [5, 5.41) is 0. The van der Waals surface area contributed by atoms with Crippen LogP contribution in [0.2, 0.25) is 0 Å². The maximum atomic E-state index is 11.8. The molecule has 0 radical (unpaired) electrons. The number of esters is 1. The zero-order valence-electron chi connectivity index (χ0n) is 15.8. The van der Waals surface area contributed by atoms with Gasteiger partial charge in [-0.2, -0.15) is 0 Å². The van der Waals surface area contributed by atoms with E-state index in [0.29, 0.717) is 24.5 Å². The highest BCUT2D eigenvalue weighted by molar-refractivity contribution is 9.11. The number of carbonyl (C=O) groups is 1. The number of ether oxygens (including phenoxy) is 2. The monoisotopic (exact) mass is 515 g/mol. The molecule has 0 saturated heterocycles. The molecule has 0 N–H and O–H groups in total. The van der Waals surface area contributed by atoms with Gasteiger partial charge < -0.3 is 9.47 Å². The SMILES string of the molecule is CCOC(=O)c1cccc(N=Cc2ccc(OCc3ccc(Br)cc3Br)cc2)c1. The lowest BCUT2D eigenvalue weighted by molar-refractivity contribution is 0.0526. The lowest BCUT2D eigenvalue weighted by atomic mass is 10.2. The predicted octanol–water partition coefficient (Wildman–Crippen LogP) is 6.72. The number of hydrogen-bond donors (Lipinski definition) is 0. The summed E-state index contributed by atoms with van der Waals surface area (Å²) >= 11 is 6.98. The summed E-state index contributed by atoms with van der Waals surface area (Å²) in [4.78, 5) is 16.3. The molecule has 6 heteroatoms. The smallest absolute Gasteiger partial charge is 0.338 e. The van der Waals surface area contributed by atoms with Crippen molar-refractivity contribution in [2.24, 2.45) is 4.99 Å². The van der Waals surface area contributed by atoms with Crippen LogP contribution >= 0.6 is 31.9 Å². The fourth-order valence-electron chi connectivity index (χ4n) is 2.53. The number of carbonyl (C=O) groups excluding carboxylic acids is 1. The van der Waals surface area contributed by atoms with Gasteiger partial charge in [0.1, 0.15) is 12.4 Å². The van der Waals surface area contributed by atoms with Gasteiger partial charge in [0.15, 0.2) is 0 Å². The molecule has 0 saturated carbocycles. The molecule has 3 aromatic carbocycles. The summed E-state index contributed by atoms with van der Waals surface area (Å²) in [6.07, 6.45) is 1.75. The van der Waals surface area contributed by atoms with Crippen molar-refractivity contribution in [2.45, 2.75) is 13.5 Å². The number of rotatable bonds is 7. The fraction of sp³-hybridized carbons (Fsp3) is 0.130. The van der Waals surface area contributed by atoms with Gasteiger partial charge in [-0.25, -0.2) is 4.79 Å². The standard InChI is InChI=1S/C23H19Br2NO3/c1-2-28-23(27)17-4-3-5-20(12-17)26-14-16-6-10-21(11-7-16)29-15-18-8-9-19(24)13-22(18)25/h3-14H,2,15H2,1H3. The Morgan fingerprint density at radius 1 is 1.03 bits per heavy atom. The van der Waals surface area contributed by atoms with E-state index in [1.54, 1.807) is 31.3 Å². The zero-order chi connectivity index (χ0) is 20.6. The largest absolute Gasteiger partial charge is 0.489 e. The van der Waals surface area contributed by atoms with Crippen LogP contribution in [0.5, 0.6) is 5.75 Å². The van der Waals surface area contributed by atoms with Gasteiger partial charge in [-0.1, -0.05) is 44.0 Å². The first kappa shape index (κ1) is 21.3. The molecule has 29 heavy (non-hydrogen) atoms. The number of hydrogen-bond acceptors (Lipinski definition) is 4. The Hall–Kier alpha value is -2.44. The summed E-state index contributed by atoms with van der Waals surface area (Å²) in [7, 11) is 0. The van der Waals surface area contributed by atoms with Crippen molar-refractivity contribution in [3.63, 3.8) is 0 Å². The van der Waals surface area contributed by atoms with Crippen LogP contribution in [0.4, 0.5) is 5.69 Å². The molecular weight excluding hydrogens is 498 g/mol. The van der Waals surface area contributed by atoms with Crippen molar-refractivity contribution in [2.75, 3.05) is 6.61 Å². The van der Waals surface area contributed by atoms with Crippen molar-refractivity contribution < 1.29 is 14.3 Å². The topological polar surface area (TPSA) is 47.9 Å². The molecule has 0 fully saturated rings. The molecule has 148 valence electrons. The van der Waals surface area contributed by atoms with Gasteiger partial charge in [-0.15, -0.1) is 0 Å². The lowest BCUT2D eigenvalue weighted by Gasteiger charge is -2.08. The van der Waals surface area contributed by atoms with Gasteiger partial charge in [-0.05, 0) is 67.1 Å². The Morgan fingerprint density at radius 3 is 2.55 bits per heavy atom. The molecule has 3 aromatic rings. The number of halogens is 2. The van der Waals surface area contributed by atoms with Crippen LogP contribution in [-0.4, -0.2) is 18.8 Å². The molecule has 0 bridgehead atoms. The number of nitrogens with zero attached hydrogens (tertiary/aromatic N) is 1. The molecule has 0 amide bonds. The second kappa shape index (κ2) is 10.4. The third-order valence-corrected chi connectivity index (χ3v) is 5.24. The Labute approximate surface area is 186 Å². The van der Waals surface area contributed by atoms with E-state index in [2.05, 4.69) is 36.9 Å². The van der Waals surface area contributed by atoms with Crippen LogP contribution < -0.4 is 4.74 Å². The zero-order valence-corrected chi connectivity index (χ0v) is 18.9. The van der Waals surface area contributed by atoms with Crippen molar-refractivity contribution in [1.29, 1.82) is 0 Å². The highest BCUT2D eigenvalue weighted by Crippen LogP contribution is 2.23. The molecule has 0 unspecified atom stereocenters. The van der Waals surface area contributed by atoms with E-state index >= 15 is 0 Å². The van der Waals surface area contributed by atoms with Gasteiger partial charge in [0.25, 0.3) is 0 Å². The van der Waals surface area contributed by atoms with Crippen LogP contribution in [0.3, 0.4) is 0 Å². The van der Waals surface area contributed by atoms with Crippen molar-refractivity contribution in [3.05, 3.63) is 92.4 Å². The molecular formula is C23H19Br2NO3. The highest BCUT2D eigenvalue weighted by atomic mass is 79.9. The van der Waals surface area contributed by atoms with E-state index in [9.17, 15) is 4.79 Å². The van der Waals surface area contributed by atoms with E-state index in [1.165, 1.54) is 0 Å². The first-order chi connectivity index (χ1) is 14.0. The van der Waals surface area contributed by atoms with E-state index < -0.39 is 0 Å². The fourth-order valence-corrected chi connectivity index (χ4v) is 3.69. The van der Waals surface area contributed by atoms with Crippen LogP contribution in [0, 0.1) is 0 Å². The van der Waals surface area contributed by atoms with Gasteiger partial charge in [0.2, 0.25) is 0 Å². The first-order valence-corrected chi connectivity index (χ1v) is 10.6. The number of aliphatic imine (C=N–C) groups is 1. The lowest BCUT2D eigenvalue weighted by Crippen LogP contribution is -2.03. The van der Waals surface area contributed by atoms with E-state index in [4.69, 9.17) is 9.47 Å². The van der Waals surface area contributed by atoms with Gasteiger partial charge in [0, 0.05) is 20.7 Å². The minimum atomic E-state index is -0.344. The van der Waals surface area contributed by atoms with E-state index in [0.717, 1.165) is 25.8 Å². The van der Waals surface area contributed by atoms with E-state index in [1.807, 2.05) is 48.5 Å². The third-order valence-electron chi connectivity index (χ3n) is 4.01. The average Bonchev–Trinajstić information content (AvgIpc) is 2.73. The van der Waals surface area contributed by atoms with Crippen LogP contribution in [0.1, 0.15) is 28.4 Å². The second-order valence-corrected chi connectivity index (χ2v) is 7.89. The quantitative estimate of drug-likeness (QED) is 0.259. The summed E-state index contributed by atoms with van der Waals surface area (Å²) < 4.78 is 12.9. The molecule has 0 aliphatic heterocycles. The summed E-state index contributed by atoms with van der Waals surface area (Å²) in [6.45, 7) is 2.60. The Bertz CT molecular complexity index is 1020. The van der Waals surface area contributed by atoms with Crippen LogP contribution in [-0.2, 0) is 11.3 Å². The summed E-state index contributed by atoms with van der Waals surface area (Å²) in [5.41, 5.74) is 3.18. The molecule has 0 atom stereocenters. The second-order valence-electron chi connectivity index (χ2n) is 6.12. The molecule has 3 rings (SSSR count). The van der Waals surface area contributed by atoms with Crippen LogP contribution in [0.15, 0.2) is 80.7 Å². The van der Waals surface area contributed by atoms with Gasteiger partial charge >= 0.3 is 5.97 Å². The maximum Gasteiger partial charge on any atom is 0.338 e. The minimum Gasteiger partial charge on any atom is -0.489 e.